The fourth-order valence-corrected chi connectivity index (χ4v) is 3.37. The van der Waals surface area contributed by atoms with Crippen LogP contribution in [0.2, 0.25) is 0 Å². The summed E-state index contributed by atoms with van der Waals surface area (Å²) >= 11 is 0. The molecule has 0 atom stereocenters. The molecular weight excluding hydrogens is 382 g/mol. The van der Waals surface area contributed by atoms with Crippen LogP contribution in [0.3, 0.4) is 0 Å². The largest absolute Gasteiger partial charge is 0.492 e. The van der Waals surface area contributed by atoms with E-state index in [4.69, 9.17) is 15.1 Å². The lowest BCUT2D eigenvalue weighted by molar-refractivity contribution is -0.136. The zero-order chi connectivity index (χ0) is 21.3. The Labute approximate surface area is 176 Å². The lowest BCUT2D eigenvalue weighted by Crippen LogP contribution is -2.47. The number of carbonyl (C=O) groups is 2. The van der Waals surface area contributed by atoms with Gasteiger partial charge in [-0.1, -0.05) is 0 Å². The first-order valence-electron chi connectivity index (χ1n) is 10.0. The number of aliphatic carboxylic acids is 1. The van der Waals surface area contributed by atoms with E-state index in [1.54, 1.807) is 24.3 Å². The molecule has 0 amide bonds. The van der Waals surface area contributed by atoms with Gasteiger partial charge < -0.3 is 14.7 Å². The summed E-state index contributed by atoms with van der Waals surface area (Å²) in [6, 6.07) is 16.7. The molecule has 1 aliphatic rings. The van der Waals surface area contributed by atoms with Crippen LogP contribution in [-0.4, -0.2) is 61.1 Å². The Balaban J connectivity index is 1.38. The molecule has 0 saturated carbocycles. The van der Waals surface area contributed by atoms with Crippen molar-refractivity contribution in [1.82, 2.24) is 4.90 Å². The van der Waals surface area contributed by atoms with Gasteiger partial charge in [0.1, 0.15) is 12.4 Å². The van der Waals surface area contributed by atoms with Crippen LogP contribution in [0.25, 0.3) is 0 Å². The molecule has 0 spiro atoms. The number of carboxylic acids is 1. The standard InChI is InChI=1S/C23H25N3O4/c24-17-18-1-5-20(6-2-18)26-13-11-25(12-14-26)15-16-30-21-7-3-19(4-8-21)22(27)9-10-23(28)29/h1-8H,9-16H2,(H,28,29). The van der Waals surface area contributed by atoms with E-state index in [2.05, 4.69) is 15.9 Å². The van der Waals surface area contributed by atoms with Gasteiger partial charge in [-0.25, -0.2) is 0 Å². The van der Waals surface area contributed by atoms with Crippen LogP contribution in [-0.2, 0) is 4.79 Å². The normalized spacial score (nSPS) is 14.2. The molecule has 0 radical (unpaired) electrons. The maximum Gasteiger partial charge on any atom is 0.303 e. The lowest BCUT2D eigenvalue weighted by atomic mass is 10.1. The van der Waals surface area contributed by atoms with Gasteiger partial charge in [0.15, 0.2) is 5.78 Å². The summed E-state index contributed by atoms with van der Waals surface area (Å²) in [5, 5.41) is 17.6. The molecule has 0 unspecified atom stereocenters. The van der Waals surface area contributed by atoms with Crippen molar-refractivity contribution in [3.05, 3.63) is 59.7 Å². The van der Waals surface area contributed by atoms with Gasteiger partial charge >= 0.3 is 5.97 Å². The highest BCUT2D eigenvalue weighted by Gasteiger charge is 2.17. The van der Waals surface area contributed by atoms with Gasteiger partial charge in [0, 0.05) is 50.4 Å². The molecule has 1 saturated heterocycles. The Morgan fingerprint density at radius 1 is 0.967 bits per heavy atom. The van der Waals surface area contributed by atoms with Crippen molar-refractivity contribution in [2.45, 2.75) is 12.8 Å². The minimum Gasteiger partial charge on any atom is -0.492 e. The van der Waals surface area contributed by atoms with Crippen LogP contribution in [0, 0.1) is 11.3 Å². The Morgan fingerprint density at radius 2 is 1.63 bits per heavy atom. The minimum atomic E-state index is -0.971. The first kappa shape index (κ1) is 21.3. The van der Waals surface area contributed by atoms with Crippen LogP contribution in [0.4, 0.5) is 5.69 Å². The zero-order valence-electron chi connectivity index (χ0n) is 16.8. The third kappa shape index (κ3) is 6.06. The molecular formula is C23H25N3O4. The number of carboxylic acid groups (broad SMARTS) is 1. The molecule has 156 valence electrons. The van der Waals surface area contributed by atoms with Crippen LogP contribution in [0.15, 0.2) is 48.5 Å². The first-order chi connectivity index (χ1) is 14.5. The Hall–Kier alpha value is -3.37. The van der Waals surface area contributed by atoms with E-state index in [1.165, 1.54) is 0 Å². The predicted molar refractivity (Wildman–Crippen MR) is 113 cm³/mol. The molecule has 3 rings (SSSR count). The number of hydrogen-bond donors (Lipinski definition) is 1. The van der Waals surface area contributed by atoms with Gasteiger partial charge in [-0.05, 0) is 48.5 Å². The van der Waals surface area contributed by atoms with E-state index < -0.39 is 5.97 Å². The maximum atomic E-state index is 11.9. The molecule has 1 heterocycles. The molecule has 0 bridgehead atoms. The summed E-state index contributed by atoms with van der Waals surface area (Å²) in [6.45, 7) is 5.13. The average molecular weight is 407 g/mol. The topological polar surface area (TPSA) is 93.9 Å². The van der Waals surface area contributed by atoms with E-state index >= 15 is 0 Å². The molecule has 1 fully saturated rings. The van der Waals surface area contributed by atoms with E-state index in [9.17, 15) is 9.59 Å². The zero-order valence-corrected chi connectivity index (χ0v) is 16.8. The summed E-state index contributed by atoms with van der Waals surface area (Å²) in [5.74, 6) is -0.453. The predicted octanol–water partition coefficient (Wildman–Crippen LogP) is 2.81. The number of Topliss-reactive ketones (excluding diaryl/α,β-unsaturated/α-hetero) is 1. The molecule has 7 nitrogen and oxygen atoms in total. The molecule has 7 heteroatoms. The Morgan fingerprint density at radius 3 is 2.23 bits per heavy atom. The number of nitriles is 1. The second kappa shape index (κ2) is 10.4. The van der Waals surface area contributed by atoms with Gasteiger partial charge in [-0.3, -0.25) is 14.5 Å². The molecule has 1 aliphatic heterocycles. The molecule has 0 aliphatic carbocycles. The van der Waals surface area contributed by atoms with Gasteiger partial charge in [-0.15, -0.1) is 0 Å². The summed E-state index contributed by atoms with van der Waals surface area (Å²) in [7, 11) is 0. The second-order valence-electron chi connectivity index (χ2n) is 7.18. The molecule has 1 N–H and O–H groups in total. The number of hydrogen-bond acceptors (Lipinski definition) is 6. The number of carbonyl (C=O) groups excluding carboxylic acids is 1. The van der Waals surface area contributed by atoms with Crippen molar-refractivity contribution in [1.29, 1.82) is 5.26 Å². The van der Waals surface area contributed by atoms with Crippen molar-refractivity contribution < 1.29 is 19.4 Å². The quantitative estimate of drug-likeness (QED) is 0.639. The van der Waals surface area contributed by atoms with Crippen LogP contribution >= 0.6 is 0 Å². The Kier molecular flexibility index (Phi) is 7.41. The lowest BCUT2D eigenvalue weighted by Gasteiger charge is -2.36. The molecule has 30 heavy (non-hydrogen) atoms. The number of ether oxygens (including phenoxy) is 1. The number of nitrogens with zero attached hydrogens (tertiary/aromatic N) is 3. The SMILES string of the molecule is N#Cc1ccc(N2CCN(CCOc3ccc(C(=O)CCC(=O)O)cc3)CC2)cc1. The Bertz CT molecular complexity index is 896. The fraction of sp³-hybridized carbons (Fsp3) is 0.348. The highest BCUT2D eigenvalue weighted by atomic mass is 16.5. The monoisotopic (exact) mass is 407 g/mol. The summed E-state index contributed by atoms with van der Waals surface area (Å²) in [6.07, 6.45) is -0.153. The summed E-state index contributed by atoms with van der Waals surface area (Å²) in [4.78, 5) is 27.1. The number of ketones is 1. The van der Waals surface area contributed by atoms with E-state index in [0.29, 0.717) is 23.5 Å². The third-order valence-corrected chi connectivity index (χ3v) is 5.15. The second-order valence-corrected chi connectivity index (χ2v) is 7.18. The van der Waals surface area contributed by atoms with Crippen molar-refractivity contribution in [2.75, 3.05) is 44.2 Å². The van der Waals surface area contributed by atoms with E-state index in [-0.39, 0.29) is 18.6 Å². The van der Waals surface area contributed by atoms with Gasteiger partial charge in [-0.2, -0.15) is 5.26 Å². The van der Waals surface area contributed by atoms with Gasteiger partial charge in [0.05, 0.1) is 18.1 Å². The smallest absolute Gasteiger partial charge is 0.303 e. The highest BCUT2D eigenvalue weighted by Crippen LogP contribution is 2.18. The van der Waals surface area contributed by atoms with Crippen molar-refractivity contribution in [3.63, 3.8) is 0 Å². The third-order valence-electron chi connectivity index (χ3n) is 5.15. The van der Waals surface area contributed by atoms with Crippen molar-refractivity contribution in [2.24, 2.45) is 0 Å². The number of rotatable bonds is 9. The summed E-state index contributed by atoms with van der Waals surface area (Å²) in [5.41, 5.74) is 2.32. The number of piperazine rings is 1. The highest BCUT2D eigenvalue weighted by molar-refractivity contribution is 5.97. The van der Waals surface area contributed by atoms with Gasteiger partial charge in [0.25, 0.3) is 0 Å². The van der Waals surface area contributed by atoms with E-state index in [0.717, 1.165) is 38.4 Å². The van der Waals surface area contributed by atoms with Crippen LogP contribution in [0.1, 0.15) is 28.8 Å². The van der Waals surface area contributed by atoms with Crippen molar-refractivity contribution in [3.8, 4) is 11.8 Å². The summed E-state index contributed by atoms with van der Waals surface area (Å²) < 4.78 is 5.79. The van der Waals surface area contributed by atoms with Crippen LogP contribution < -0.4 is 9.64 Å². The average Bonchev–Trinajstić information content (AvgIpc) is 2.78. The molecule has 2 aromatic carbocycles. The molecule has 0 aromatic heterocycles. The van der Waals surface area contributed by atoms with Crippen LogP contribution in [0.5, 0.6) is 5.75 Å². The van der Waals surface area contributed by atoms with Gasteiger partial charge in [0.2, 0.25) is 0 Å². The van der Waals surface area contributed by atoms with Crippen molar-refractivity contribution >= 4 is 17.4 Å². The minimum absolute atomic E-state index is 0.00395. The fourth-order valence-electron chi connectivity index (χ4n) is 3.37. The van der Waals surface area contributed by atoms with E-state index in [1.807, 2.05) is 24.3 Å². The molecule has 2 aromatic rings. The number of benzene rings is 2. The maximum absolute atomic E-state index is 11.9. The first-order valence-corrected chi connectivity index (χ1v) is 10.0. The number of anilines is 1.